The summed E-state index contributed by atoms with van der Waals surface area (Å²) in [6.07, 6.45) is 3.34. The first-order valence-corrected chi connectivity index (χ1v) is 5.62. The molecule has 0 spiro atoms. The molecule has 1 aliphatic rings. The molecule has 0 unspecified atom stereocenters. The van der Waals surface area contributed by atoms with Crippen LogP contribution in [0.3, 0.4) is 0 Å². The summed E-state index contributed by atoms with van der Waals surface area (Å²) in [6.45, 7) is 1.44. The summed E-state index contributed by atoms with van der Waals surface area (Å²) in [6, 6.07) is 1.31. The SMILES string of the molecule is COC(=O)c1ccnc(N2CCCC2)c1[N+](=O)[O-]. The summed E-state index contributed by atoms with van der Waals surface area (Å²) in [5, 5.41) is 11.2. The van der Waals surface area contributed by atoms with Gasteiger partial charge >= 0.3 is 11.7 Å². The van der Waals surface area contributed by atoms with Gasteiger partial charge in [0.15, 0.2) is 0 Å². The Morgan fingerprint density at radius 1 is 1.50 bits per heavy atom. The van der Waals surface area contributed by atoms with Crippen molar-refractivity contribution in [2.75, 3.05) is 25.1 Å². The van der Waals surface area contributed by atoms with E-state index in [1.807, 2.05) is 4.90 Å². The molecular weight excluding hydrogens is 238 g/mol. The van der Waals surface area contributed by atoms with E-state index < -0.39 is 10.9 Å². The molecule has 0 saturated carbocycles. The van der Waals surface area contributed by atoms with E-state index in [0.29, 0.717) is 0 Å². The number of hydrogen-bond donors (Lipinski definition) is 0. The molecule has 2 heterocycles. The molecule has 1 aromatic heterocycles. The van der Waals surface area contributed by atoms with Crippen LogP contribution >= 0.6 is 0 Å². The minimum Gasteiger partial charge on any atom is -0.465 e. The first-order chi connectivity index (χ1) is 8.65. The Morgan fingerprint density at radius 2 is 2.17 bits per heavy atom. The molecule has 96 valence electrons. The Kier molecular flexibility index (Phi) is 3.40. The third kappa shape index (κ3) is 2.11. The zero-order valence-corrected chi connectivity index (χ0v) is 9.96. The summed E-state index contributed by atoms with van der Waals surface area (Å²) >= 11 is 0. The van der Waals surface area contributed by atoms with Crippen molar-refractivity contribution in [3.8, 4) is 0 Å². The highest BCUT2D eigenvalue weighted by atomic mass is 16.6. The number of methoxy groups -OCH3 is 1. The fraction of sp³-hybridized carbons (Fsp3) is 0.455. The van der Waals surface area contributed by atoms with E-state index in [4.69, 9.17) is 0 Å². The molecule has 0 bridgehead atoms. The van der Waals surface area contributed by atoms with Crippen molar-refractivity contribution in [3.05, 3.63) is 27.9 Å². The molecule has 0 amide bonds. The summed E-state index contributed by atoms with van der Waals surface area (Å²) in [5.41, 5.74) is -0.328. The Morgan fingerprint density at radius 3 is 2.72 bits per heavy atom. The lowest BCUT2D eigenvalue weighted by Gasteiger charge is -2.16. The monoisotopic (exact) mass is 251 g/mol. The van der Waals surface area contributed by atoms with Gasteiger partial charge in [0.2, 0.25) is 5.82 Å². The van der Waals surface area contributed by atoms with Gasteiger partial charge in [-0.1, -0.05) is 0 Å². The van der Waals surface area contributed by atoms with E-state index >= 15 is 0 Å². The zero-order valence-electron chi connectivity index (χ0n) is 9.96. The minimum absolute atomic E-state index is 0.0561. The first-order valence-electron chi connectivity index (χ1n) is 5.62. The lowest BCUT2D eigenvalue weighted by Crippen LogP contribution is -2.21. The Labute approximate surface area is 104 Å². The fourth-order valence-electron chi connectivity index (χ4n) is 2.06. The third-order valence-corrected chi connectivity index (χ3v) is 2.90. The Bertz CT molecular complexity index is 483. The van der Waals surface area contributed by atoms with Gasteiger partial charge in [0.1, 0.15) is 5.56 Å². The molecule has 1 fully saturated rings. The number of hydrogen-bond acceptors (Lipinski definition) is 6. The van der Waals surface area contributed by atoms with Crippen LogP contribution in [0.25, 0.3) is 0 Å². The van der Waals surface area contributed by atoms with Crippen molar-refractivity contribution in [2.24, 2.45) is 0 Å². The Hall–Kier alpha value is -2.18. The normalized spacial score (nSPS) is 14.6. The van der Waals surface area contributed by atoms with Crippen molar-refractivity contribution in [2.45, 2.75) is 12.8 Å². The molecule has 7 heteroatoms. The van der Waals surface area contributed by atoms with Crippen molar-refractivity contribution in [1.29, 1.82) is 0 Å². The number of anilines is 1. The van der Waals surface area contributed by atoms with E-state index in [-0.39, 0.29) is 17.1 Å². The summed E-state index contributed by atoms with van der Waals surface area (Å²) < 4.78 is 4.56. The Balaban J connectivity index is 2.51. The first kappa shape index (κ1) is 12.3. The van der Waals surface area contributed by atoms with Gasteiger partial charge < -0.3 is 9.64 Å². The van der Waals surface area contributed by atoms with Gasteiger partial charge in [-0.3, -0.25) is 10.1 Å². The van der Waals surface area contributed by atoms with Crippen LogP contribution in [-0.4, -0.2) is 36.1 Å². The van der Waals surface area contributed by atoms with E-state index in [1.165, 1.54) is 19.4 Å². The predicted molar refractivity (Wildman–Crippen MR) is 63.7 cm³/mol. The maximum Gasteiger partial charge on any atom is 0.345 e. The number of ether oxygens (including phenoxy) is 1. The smallest absolute Gasteiger partial charge is 0.345 e. The van der Waals surface area contributed by atoms with Gasteiger partial charge in [-0.25, -0.2) is 9.78 Å². The number of carbonyl (C=O) groups excluding carboxylic acids is 1. The summed E-state index contributed by atoms with van der Waals surface area (Å²) in [7, 11) is 1.20. The molecule has 1 aromatic rings. The van der Waals surface area contributed by atoms with Gasteiger partial charge in [0.25, 0.3) is 0 Å². The minimum atomic E-state index is -0.718. The molecule has 1 aliphatic heterocycles. The topological polar surface area (TPSA) is 85.6 Å². The standard InChI is InChI=1S/C11H13N3O4/c1-18-11(15)8-4-5-12-10(9(8)14(16)17)13-6-2-3-7-13/h4-5H,2-3,6-7H2,1H3. The maximum atomic E-state index is 11.5. The van der Waals surface area contributed by atoms with Crippen LogP contribution < -0.4 is 4.90 Å². The highest BCUT2D eigenvalue weighted by molar-refractivity contribution is 5.96. The zero-order chi connectivity index (χ0) is 13.1. The molecule has 0 radical (unpaired) electrons. The average molecular weight is 251 g/mol. The van der Waals surface area contributed by atoms with E-state index in [9.17, 15) is 14.9 Å². The number of esters is 1. The van der Waals surface area contributed by atoms with Crippen molar-refractivity contribution >= 4 is 17.5 Å². The van der Waals surface area contributed by atoms with E-state index in [2.05, 4.69) is 9.72 Å². The van der Waals surface area contributed by atoms with Crippen LogP contribution in [0.15, 0.2) is 12.3 Å². The van der Waals surface area contributed by atoms with Gasteiger partial charge in [-0.05, 0) is 18.9 Å². The second-order valence-electron chi connectivity index (χ2n) is 3.97. The van der Waals surface area contributed by atoms with Gasteiger partial charge in [-0.2, -0.15) is 0 Å². The van der Waals surface area contributed by atoms with Crippen LogP contribution in [0.4, 0.5) is 11.5 Å². The fourth-order valence-corrected chi connectivity index (χ4v) is 2.06. The molecular formula is C11H13N3O4. The quantitative estimate of drug-likeness (QED) is 0.458. The van der Waals surface area contributed by atoms with Crippen LogP contribution in [-0.2, 0) is 4.74 Å². The van der Waals surface area contributed by atoms with Crippen molar-refractivity contribution in [1.82, 2.24) is 4.98 Å². The molecule has 0 N–H and O–H groups in total. The molecule has 0 atom stereocenters. The number of pyridine rings is 1. The van der Waals surface area contributed by atoms with Crippen molar-refractivity contribution in [3.63, 3.8) is 0 Å². The van der Waals surface area contributed by atoms with Crippen molar-refractivity contribution < 1.29 is 14.5 Å². The predicted octanol–water partition coefficient (Wildman–Crippen LogP) is 1.38. The molecule has 2 rings (SSSR count). The van der Waals surface area contributed by atoms with E-state index in [1.54, 1.807) is 0 Å². The lowest BCUT2D eigenvalue weighted by atomic mass is 10.2. The average Bonchev–Trinajstić information content (AvgIpc) is 2.90. The highest BCUT2D eigenvalue weighted by Crippen LogP contribution is 2.31. The van der Waals surface area contributed by atoms with E-state index in [0.717, 1.165) is 25.9 Å². The number of rotatable bonds is 3. The highest BCUT2D eigenvalue weighted by Gasteiger charge is 2.30. The lowest BCUT2D eigenvalue weighted by molar-refractivity contribution is -0.384. The molecule has 18 heavy (non-hydrogen) atoms. The molecule has 7 nitrogen and oxygen atoms in total. The maximum absolute atomic E-state index is 11.5. The van der Waals surface area contributed by atoms with Crippen LogP contribution in [0.1, 0.15) is 23.2 Å². The number of nitro groups is 1. The van der Waals surface area contributed by atoms with Crippen LogP contribution in [0.5, 0.6) is 0 Å². The number of carbonyl (C=O) groups is 1. The molecule has 0 aromatic carbocycles. The van der Waals surface area contributed by atoms with Crippen LogP contribution in [0.2, 0.25) is 0 Å². The number of nitrogens with zero attached hydrogens (tertiary/aromatic N) is 3. The molecule has 0 aliphatic carbocycles. The van der Waals surface area contributed by atoms with Crippen LogP contribution in [0, 0.1) is 10.1 Å². The summed E-state index contributed by atoms with van der Waals surface area (Å²) in [5.74, 6) is -0.468. The largest absolute Gasteiger partial charge is 0.465 e. The second kappa shape index (κ2) is 4.99. The van der Waals surface area contributed by atoms with Gasteiger partial charge in [0.05, 0.1) is 12.0 Å². The van der Waals surface area contributed by atoms with Gasteiger partial charge in [-0.15, -0.1) is 0 Å². The number of aromatic nitrogens is 1. The van der Waals surface area contributed by atoms with Gasteiger partial charge in [0, 0.05) is 19.3 Å². The summed E-state index contributed by atoms with van der Waals surface area (Å²) in [4.78, 5) is 28.0. The third-order valence-electron chi connectivity index (χ3n) is 2.90. The molecule has 1 saturated heterocycles. The second-order valence-corrected chi connectivity index (χ2v) is 3.97.